The molecule has 98 valence electrons. The number of fused-ring (bicyclic) bond motifs is 2. The van der Waals surface area contributed by atoms with Crippen molar-refractivity contribution < 1.29 is 4.42 Å². The molecule has 1 aromatic carbocycles. The number of anilines is 1. The maximum absolute atomic E-state index is 5.94. The fraction of sp³-hybridized carbons (Fsp3) is 0. The van der Waals surface area contributed by atoms with E-state index in [2.05, 4.69) is 31.0 Å². The van der Waals surface area contributed by atoms with E-state index in [1.807, 2.05) is 6.07 Å². The number of aromatic nitrogens is 4. The van der Waals surface area contributed by atoms with Gasteiger partial charge < -0.3 is 10.2 Å². The first-order chi connectivity index (χ1) is 9.72. The first kappa shape index (κ1) is 11.4. The monoisotopic (exact) mass is 329 g/mol. The second kappa shape index (κ2) is 4.04. The van der Waals surface area contributed by atoms with Crippen molar-refractivity contribution in [1.82, 2.24) is 19.6 Å². The summed E-state index contributed by atoms with van der Waals surface area (Å²) in [6.45, 7) is 0. The minimum Gasteiger partial charge on any atom is -0.434 e. The molecule has 0 amide bonds. The molecule has 20 heavy (non-hydrogen) atoms. The van der Waals surface area contributed by atoms with Gasteiger partial charge >= 0.3 is 0 Å². The smallest absolute Gasteiger partial charge is 0.231 e. The molecule has 6 nitrogen and oxygen atoms in total. The largest absolute Gasteiger partial charge is 0.434 e. The molecule has 3 aromatic heterocycles. The Morgan fingerprint density at radius 1 is 1.25 bits per heavy atom. The summed E-state index contributed by atoms with van der Waals surface area (Å²) in [5, 5.41) is 4.24. The lowest BCUT2D eigenvalue weighted by atomic mass is 10.3. The highest BCUT2D eigenvalue weighted by molar-refractivity contribution is 9.10. The van der Waals surface area contributed by atoms with Crippen LogP contribution in [-0.4, -0.2) is 19.6 Å². The fourth-order valence-corrected chi connectivity index (χ4v) is 2.60. The third-order valence-electron chi connectivity index (χ3n) is 3.04. The summed E-state index contributed by atoms with van der Waals surface area (Å²) in [4.78, 5) is 8.56. The molecule has 0 saturated heterocycles. The van der Waals surface area contributed by atoms with Crippen molar-refractivity contribution in [2.75, 3.05) is 5.73 Å². The van der Waals surface area contributed by atoms with Crippen LogP contribution in [0.3, 0.4) is 0 Å². The van der Waals surface area contributed by atoms with E-state index in [1.165, 1.54) is 0 Å². The number of halogens is 1. The van der Waals surface area contributed by atoms with Gasteiger partial charge in [-0.3, -0.25) is 4.98 Å². The Morgan fingerprint density at radius 3 is 3.05 bits per heavy atom. The zero-order valence-corrected chi connectivity index (χ0v) is 11.7. The number of oxazole rings is 1. The minimum absolute atomic E-state index is 0.479. The van der Waals surface area contributed by atoms with Gasteiger partial charge in [0, 0.05) is 16.9 Å². The van der Waals surface area contributed by atoms with Crippen molar-refractivity contribution in [2.45, 2.75) is 0 Å². The fourth-order valence-electron chi connectivity index (χ4n) is 2.14. The van der Waals surface area contributed by atoms with Crippen molar-refractivity contribution in [3.05, 3.63) is 41.4 Å². The minimum atomic E-state index is 0.479. The molecule has 0 fully saturated rings. The second-order valence-electron chi connectivity index (χ2n) is 4.33. The molecule has 0 aliphatic heterocycles. The number of nitrogens with two attached hydrogens (primary N) is 1. The summed E-state index contributed by atoms with van der Waals surface area (Å²) in [6.07, 6.45) is 6.86. The van der Waals surface area contributed by atoms with Crippen LogP contribution in [-0.2, 0) is 0 Å². The highest BCUT2D eigenvalue weighted by atomic mass is 79.9. The number of benzene rings is 1. The Labute approximate surface area is 121 Å². The van der Waals surface area contributed by atoms with Crippen LogP contribution in [0.5, 0.6) is 0 Å². The van der Waals surface area contributed by atoms with Crippen LogP contribution in [0.2, 0.25) is 0 Å². The summed E-state index contributed by atoms with van der Waals surface area (Å²) in [7, 11) is 0. The maximum Gasteiger partial charge on any atom is 0.231 e. The zero-order valence-electron chi connectivity index (χ0n) is 10.1. The van der Waals surface area contributed by atoms with Gasteiger partial charge in [-0.05, 0) is 12.1 Å². The molecule has 0 bridgehead atoms. The molecule has 0 atom stereocenters. The topological polar surface area (TPSA) is 82.2 Å². The van der Waals surface area contributed by atoms with Crippen molar-refractivity contribution in [1.29, 1.82) is 0 Å². The Hall–Kier alpha value is -2.41. The lowest BCUT2D eigenvalue weighted by Crippen LogP contribution is -1.85. The van der Waals surface area contributed by atoms with E-state index in [9.17, 15) is 0 Å². The van der Waals surface area contributed by atoms with Crippen molar-refractivity contribution in [2.24, 2.45) is 0 Å². The van der Waals surface area contributed by atoms with E-state index in [4.69, 9.17) is 10.2 Å². The Morgan fingerprint density at radius 2 is 2.15 bits per heavy atom. The number of rotatable bonds is 1. The van der Waals surface area contributed by atoms with E-state index in [1.54, 1.807) is 35.4 Å². The molecule has 4 rings (SSSR count). The van der Waals surface area contributed by atoms with E-state index in [-0.39, 0.29) is 0 Å². The number of nitrogen functional groups attached to an aromatic ring is 1. The van der Waals surface area contributed by atoms with Crippen LogP contribution in [0.4, 0.5) is 5.69 Å². The summed E-state index contributed by atoms with van der Waals surface area (Å²) in [5.74, 6) is 0.479. The SMILES string of the molecule is Nc1cc(Br)cc2nc(-c3cnn4ccncc34)oc12. The third-order valence-corrected chi connectivity index (χ3v) is 3.50. The highest BCUT2D eigenvalue weighted by Crippen LogP contribution is 2.31. The van der Waals surface area contributed by atoms with Crippen LogP contribution in [0, 0.1) is 0 Å². The van der Waals surface area contributed by atoms with Crippen molar-refractivity contribution >= 4 is 38.2 Å². The van der Waals surface area contributed by atoms with Gasteiger partial charge in [-0.25, -0.2) is 9.50 Å². The molecule has 7 heteroatoms. The van der Waals surface area contributed by atoms with Crippen molar-refractivity contribution in [3.63, 3.8) is 0 Å². The Balaban J connectivity index is 2.01. The summed E-state index contributed by atoms with van der Waals surface area (Å²) >= 11 is 3.39. The molecular weight excluding hydrogens is 322 g/mol. The van der Waals surface area contributed by atoms with Crippen molar-refractivity contribution in [3.8, 4) is 11.5 Å². The second-order valence-corrected chi connectivity index (χ2v) is 5.24. The van der Waals surface area contributed by atoms with Gasteiger partial charge in [0.05, 0.1) is 29.2 Å². The van der Waals surface area contributed by atoms with Gasteiger partial charge in [0.25, 0.3) is 0 Å². The normalized spacial score (nSPS) is 11.4. The van der Waals surface area contributed by atoms with E-state index < -0.39 is 0 Å². The van der Waals surface area contributed by atoms with Gasteiger partial charge in [0.2, 0.25) is 5.89 Å². The number of nitrogens with zero attached hydrogens (tertiary/aromatic N) is 4. The molecule has 2 N–H and O–H groups in total. The van der Waals surface area contributed by atoms with Crippen LogP contribution in [0.15, 0.2) is 45.8 Å². The average molecular weight is 330 g/mol. The van der Waals surface area contributed by atoms with Gasteiger partial charge in [-0.15, -0.1) is 0 Å². The average Bonchev–Trinajstić information content (AvgIpc) is 3.01. The molecule has 0 aliphatic rings. The summed E-state index contributed by atoms with van der Waals surface area (Å²) in [5.41, 5.74) is 9.38. The molecule has 4 aromatic rings. The Kier molecular flexibility index (Phi) is 2.31. The molecule has 3 heterocycles. The standard InChI is InChI=1S/C13H8BrN5O/c14-7-3-9(15)12-10(4-7)18-13(20-12)8-5-17-19-2-1-16-6-11(8)19/h1-6H,15H2. The van der Waals surface area contributed by atoms with E-state index >= 15 is 0 Å². The molecule has 0 unspecified atom stereocenters. The lowest BCUT2D eigenvalue weighted by molar-refractivity contribution is 0.622. The van der Waals surface area contributed by atoms with Crippen LogP contribution < -0.4 is 5.73 Å². The lowest BCUT2D eigenvalue weighted by Gasteiger charge is -1.94. The Bertz CT molecular complexity index is 942. The first-order valence-electron chi connectivity index (χ1n) is 5.85. The van der Waals surface area contributed by atoms with Gasteiger partial charge in [0.1, 0.15) is 5.52 Å². The van der Waals surface area contributed by atoms with E-state index in [0.29, 0.717) is 22.7 Å². The summed E-state index contributed by atoms with van der Waals surface area (Å²) in [6, 6.07) is 3.65. The molecular formula is C13H8BrN5O. The third kappa shape index (κ3) is 1.60. The zero-order chi connectivity index (χ0) is 13.7. The first-order valence-corrected chi connectivity index (χ1v) is 6.65. The predicted molar refractivity (Wildman–Crippen MR) is 78.1 cm³/mol. The van der Waals surface area contributed by atoms with Crippen LogP contribution in [0.1, 0.15) is 0 Å². The number of hydrogen-bond donors (Lipinski definition) is 1. The van der Waals surface area contributed by atoms with E-state index in [0.717, 1.165) is 15.6 Å². The van der Waals surface area contributed by atoms with Gasteiger partial charge in [0.15, 0.2) is 5.58 Å². The predicted octanol–water partition coefficient (Wildman–Crippen LogP) is 2.88. The molecule has 0 radical (unpaired) electrons. The highest BCUT2D eigenvalue weighted by Gasteiger charge is 2.15. The summed E-state index contributed by atoms with van der Waals surface area (Å²) < 4.78 is 8.35. The molecule has 0 spiro atoms. The molecule has 0 aliphatic carbocycles. The number of hydrogen-bond acceptors (Lipinski definition) is 5. The van der Waals surface area contributed by atoms with Crippen LogP contribution >= 0.6 is 15.9 Å². The quantitative estimate of drug-likeness (QED) is 0.543. The van der Waals surface area contributed by atoms with Gasteiger partial charge in [-0.1, -0.05) is 15.9 Å². The molecule has 0 saturated carbocycles. The van der Waals surface area contributed by atoms with Crippen LogP contribution in [0.25, 0.3) is 28.1 Å². The van der Waals surface area contributed by atoms with Gasteiger partial charge in [-0.2, -0.15) is 5.10 Å². The maximum atomic E-state index is 5.94.